The smallest absolute Gasteiger partial charge is 0.246 e. The average Bonchev–Trinajstić information content (AvgIpc) is 3.64. The predicted octanol–water partition coefficient (Wildman–Crippen LogP) is 5.29. The van der Waals surface area contributed by atoms with Crippen LogP contribution in [-0.2, 0) is 35.5 Å². The van der Waals surface area contributed by atoms with E-state index >= 15 is 0 Å². The highest BCUT2D eigenvalue weighted by atomic mass is 32.2. The van der Waals surface area contributed by atoms with E-state index < -0.39 is 10.0 Å². The van der Waals surface area contributed by atoms with Crippen LogP contribution < -0.4 is 10.6 Å². The van der Waals surface area contributed by atoms with E-state index in [1.165, 1.54) is 22.1 Å². The Labute approximate surface area is 276 Å². The van der Waals surface area contributed by atoms with E-state index in [4.69, 9.17) is 9.15 Å². The molecule has 14 heteroatoms. The van der Waals surface area contributed by atoms with Crippen molar-refractivity contribution in [3.05, 3.63) is 24.0 Å². The third kappa shape index (κ3) is 10.5. The number of hydrogen-bond acceptors (Lipinski definition) is 10. The van der Waals surface area contributed by atoms with Crippen LogP contribution in [0.1, 0.15) is 85.3 Å². The number of carbonyl (C=O) groups is 2. The number of ether oxygens (including phenoxy) is 1. The molecule has 2 amide bonds. The van der Waals surface area contributed by atoms with Gasteiger partial charge in [-0.25, -0.2) is 22.7 Å². The van der Waals surface area contributed by atoms with Gasteiger partial charge in [0.2, 0.25) is 27.7 Å². The first-order chi connectivity index (χ1) is 21.2. The second-order valence-electron chi connectivity index (χ2n) is 13.6. The summed E-state index contributed by atoms with van der Waals surface area (Å²) < 4.78 is 40.0. The van der Waals surface area contributed by atoms with Gasteiger partial charge in [0.05, 0.1) is 34.2 Å². The van der Waals surface area contributed by atoms with E-state index in [1.54, 1.807) is 24.2 Å². The molecule has 45 heavy (non-hydrogen) atoms. The zero-order chi connectivity index (χ0) is 32.8. The SMILES string of the molecule is CC(C)[C@@H]1CC[C@@H](C)C[C@H]1OCC(=O)NCCS(=O)(=O)N1CCC(C(=O)Nc2ncc(SCc3ncc(C(C)(C)C)o3)s2)CC1. The Bertz CT molecular complexity index is 1380. The standard InChI is InChI=1S/C31H49N5O6S3/c1-20(2)23-8-7-21(3)15-24(23)41-18-26(37)32-11-14-45(39,40)36-12-9-22(10-13-36)29(38)35-30-34-17-28(44-30)43-19-27-33-16-25(42-27)31(4,5)6/h16-17,20-24H,7-15,18-19H2,1-6H3,(H,32,37)(H,34,35,38)/t21-,23+,24-/m1/s1. The van der Waals surface area contributed by atoms with Crippen LogP contribution in [0.3, 0.4) is 0 Å². The Hall–Kier alpha value is -2.00. The molecule has 252 valence electrons. The van der Waals surface area contributed by atoms with Crippen LogP contribution in [0, 0.1) is 23.7 Å². The number of anilines is 1. The van der Waals surface area contributed by atoms with Crippen LogP contribution in [0.2, 0.25) is 0 Å². The maximum absolute atomic E-state index is 12.9. The van der Waals surface area contributed by atoms with Gasteiger partial charge in [0.1, 0.15) is 12.4 Å². The van der Waals surface area contributed by atoms with Gasteiger partial charge in [-0.2, -0.15) is 0 Å². The number of nitrogens with zero attached hydrogens (tertiary/aromatic N) is 3. The number of hydrogen-bond donors (Lipinski definition) is 2. The van der Waals surface area contributed by atoms with Crippen LogP contribution in [-0.4, -0.2) is 72.6 Å². The van der Waals surface area contributed by atoms with Gasteiger partial charge in [0.15, 0.2) is 5.13 Å². The summed E-state index contributed by atoms with van der Waals surface area (Å²) in [6, 6.07) is 0. The van der Waals surface area contributed by atoms with Gasteiger partial charge < -0.3 is 19.8 Å². The molecule has 1 saturated heterocycles. The second-order valence-corrected chi connectivity index (χ2v) is 18.0. The molecule has 0 unspecified atom stereocenters. The van der Waals surface area contributed by atoms with E-state index in [-0.39, 0.29) is 61.2 Å². The molecular weight excluding hydrogens is 635 g/mol. The van der Waals surface area contributed by atoms with Crippen LogP contribution in [0.25, 0.3) is 0 Å². The van der Waals surface area contributed by atoms with E-state index in [1.807, 2.05) is 0 Å². The molecule has 0 bridgehead atoms. The minimum absolute atomic E-state index is 0.0255. The van der Waals surface area contributed by atoms with Gasteiger partial charge in [-0.15, -0.1) is 11.8 Å². The van der Waals surface area contributed by atoms with E-state index in [0.717, 1.165) is 22.8 Å². The van der Waals surface area contributed by atoms with Gasteiger partial charge in [-0.05, 0) is 43.4 Å². The molecule has 3 atom stereocenters. The molecule has 0 spiro atoms. The molecule has 1 saturated carbocycles. The van der Waals surface area contributed by atoms with Gasteiger partial charge in [0, 0.05) is 31.0 Å². The lowest BCUT2D eigenvalue weighted by atomic mass is 9.75. The molecule has 2 fully saturated rings. The van der Waals surface area contributed by atoms with Crippen molar-refractivity contribution in [1.82, 2.24) is 19.6 Å². The van der Waals surface area contributed by atoms with Crippen molar-refractivity contribution in [2.24, 2.45) is 23.7 Å². The number of nitrogens with one attached hydrogen (secondary N) is 2. The van der Waals surface area contributed by atoms with E-state index in [9.17, 15) is 18.0 Å². The van der Waals surface area contributed by atoms with Crippen molar-refractivity contribution in [2.45, 2.75) is 95.1 Å². The first-order valence-corrected chi connectivity index (χ1v) is 19.3. The van der Waals surface area contributed by atoms with Crippen molar-refractivity contribution < 1.29 is 27.2 Å². The molecule has 4 rings (SSSR count). The Morgan fingerprint density at radius 2 is 1.89 bits per heavy atom. The van der Waals surface area contributed by atoms with Crippen LogP contribution >= 0.6 is 23.1 Å². The Morgan fingerprint density at radius 1 is 1.16 bits per heavy atom. The summed E-state index contributed by atoms with van der Waals surface area (Å²) in [7, 11) is -3.56. The minimum atomic E-state index is -3.56. The summed E-state index contributed by atoms with van der Waals surface area (Å²) in [5, 5.41) is 6.11. The molecule has 2 N–H and O–H groups in total. The predicted molar refractivity (Wildman–Crippen MR) is 178 cm³/mol. The number of oxazole rings is 1. The molecule has 0 radical (unpaired) electrons. The largest absolute Gasteiger partial charge is 0.444 e. The van der Waals surface area contributed by atoms with Gasteiger partial charge >= 0.3 is 0 Å². The second kappa shape index (κ2) is 15.7. The average molecular weight is 684 g/mol. The van der Waals surface area contributed by atoms with Crippen molar-refractivity contribution >= 4 is 50.1 Å². The number of aromatic nitrogens is 2. The first-order valence-electron chi connectivity index (χ1n) is 15.9. The van der Waals surface area contributed by atoms with Gasteiger partial charge in [0.25, 0.3) is 0 Å². The normalized spacial score (nSPS) is 22.1. The molecule has 1 aliphatic carbocycles. The van der Waals surface area contributed by atoms with Crippen LogP contribution in [0.4, 0.5) is 5.13 Å². The third-order valence-corrected chi connectivity index (χ3v) is 12.6. The molecule has 11 nitrogen and oxygen atoms in total. The Kier molecular flexibility index (Phi) is 12.5. The zero-order valence-corrected chi connectivity index (χ0v) is 29.8. The van der Waals surface area contributed by atoms with E-state index in [2.05, 4.69) is 62.1 Å². The number of amides is 2. The monoisotopic (exact) mass is 683 g/mol. The van der Waals surface area contributed by atoms with E-state index in [0.29, 0.717) is 47.4 Å². The fraction of sp³-hybridized carbons (Fsp3) is 0.742. The van der Waals surface area contributed by atoms with Crippen molar-refractivity contribution in [3.63, 3.8) is 0 Å². The zero-order valence-electron chi connectivity index (χ0n) is 27.3. The summed E-state index contributed by atoms with van der Waals surface area (Å²) in [5.41, 5.74) is -0.101. The maximum Gasteiger partial charge on any atom is 0.246 e. The number of piperidine rings is 1. The summed E-state index contributed by atoms with van der Waals surface area (Å²) >= 11 is 2.93. The summed E-state index contributed by atoms with van der Waals surface area (Å²) in [4.78, 5) is 34.0. The quantitative estimate of drug-likeness (QED) is 0.269. The fourth-order valence-corrected chi connectivity index (χ4v) is 8.95. The number of sulfonamides is 1. The van der Waals surface area contributed by atoms with Crippen molar-refractivity contribution in [3.8, 4) is 0 Å². The number of thioether (sulfide) groups is 1. The van der Waals surface area contributed by atoms with Crippen molar-refractivity contribution in [1.29, 1.82) is 0 Å². The lowest BCUT2D eigenvalue weighted by molar-refractivity contribution is -0.131. The number of rotatable bonds is 13. The number of thiazole rings is 1. The number of carbonyl (C=O) groups excluding carboxylic acids is 2. The van der Waals surface area contributed by atoms with Crippen LogP contribution in [0.5, 0.6) is 0 Å². The highest BCUT2D eigenvalue weighted by Gasteiger charge is 2.33. The Balaban J connectivity index is 1.14. The summed E-state index contributed by atoms with van der Waals surface area (Å²) in [6.07, 6.45) is 7.64. The van der Waals surface area contributed by atoms with Gasteiger partial charge in [-0.1, -0.05) is 59.3 Å². The van der Waals surface area contributed by atoms with Gasteiger partial charge in [-0.3, -0.25) is 9.59 Å². The molecule has 0 aromatic carbocycles. The van der Waals surface area contributed by atoms with Crippen molar-refractivity contribution in [2.75, 3.05) is 37.3 Å². The third-order valence-electron chi connectivity index (χ3n) is 8.64. The Morgan fingerprint density at radius 3 is 2.56 bits per heavy atom. The van der Waals surface area contributed by atoms with Crippen LogP contribution in [0.15, 0.2) is 21.0 Å². The highest BCUT2D eigenvalue weighted by molar-refractivity contribution is 8.00. The lowest BCUT2D eigenvalue weighted by Gasteiger charge is -2.37. The minimum Gasteiger partial charge on any atom is -0.444 e. The fourth-order valence-electron chi connectivity index (χ4n) is 5.83. The molecule has 2 aliphatic rings. The molecule has 2 aromatic rings. The molecular formula is C31H49N5O6S3. The maximum atomic E-state index is 12.9. The molecule has 1 aliphatic heterocycles. The summed E-state index contributed by atoms with van der Waals surface area (Å²) in [6.45, 7) is 13.3. The summed E-state index contributed by atoms with van der Waals surface area (Å²) in [5.74, 6) is 2.63. The first kappa shape index (κ1) is 35.8. The molecule has 3 heterocycles. The molecule has 2 aromatic heterocycles. The topological polar surface area (TPSA) is 144 Å². The lowest BCUT2D eigenvalue weighted by Crippen LogP contribution is -2.44. The highest BCUT2D eigenvalue weighted by Crippen LogP contribution is 2.35.